The van der Waals surface area contributed by atoms with Gasteiger partial charge >= 0.3 is 6.09 Å². The van der Waals surface area contributed by atoms with Crippen molar-refractivity contribution in [2.45, 2.75) is 115 Å². The van der Waals surface area contributed by atoms with E-state index in [0.29, 0.717) is 12.1 Å². The van der Waals surface area contributed by atoms with Gasteiger partial charge in [0.05, 0.1) is 35.9 Å². The lowest BCUT2D eigenvalue weighted by Crippen LogP contribution is -2.49. The Bertz CT molecular complexity index is 2970. The Labute approximate surface area is 427 Å². The Morgan fingerprint density at radius 3 is 1.59 bits per heavy atom. The van der Waals surface area contributed by atoms with E-state index in [2.05, 4.69) is 59.2 Å². The van der Waals surface area contributed by atoms with Crippen molar-refractivity contribution < 1.29 is 18.3 Å². The van der Waals surface area contributed by atoms with E-state index in [4.69, 9.17) is 14.9 Å². The first-order chi connectivity index (χ1) is 35.5. The van der Waals surface area contributed by atoms with Gasteiger partial charge in [-0.15, -0.1) is 10.2 Å². The fourth-order valence-corrected chi connectivity index (χ4v) is 12.1. The van der Waals surface area contributed by atoms with E-state index in [9.17, 15) is 13.6 Å². The first-order valence-corrected chi connectivity index (χ1v) is 26.8. The minimum Gasteiger partial charge on any atom is -0.444 e. The standard InChI is InChI=1S/C31H39FN6O2.C26H31FN6/c1-31(2,3)40-30(39)35-17-13-25(14-18-35)36-15-5-8-23(21-36)27-20-33-28-11-12-29(34-38(27)28)37-16-6-10-26(37)22-7-4-9-24(32)19-22;27-21-6-1-4-19(16-21)23-7-3-15-32(23)26-9-8-25-29-17-24(33(25)30-26)20-5-2-14-31(18-20)22-10-12-28-13-11-22/h4,7-9,11-12,19-20,25-26H,5-6,10,13-18,21H2,1-3H3;1,4-6,8-9,16-17,22-23,28H,2-3,7,10-15,18H2/t26-;23-/m11/s1. The van der Waals surface area contributed by atoms with Crippen LogP contribution >= 0.6 is 0 Å². The highest BCUT2D eigenvalue weighted by atomic mass is 19.1. The topological polar surface area (TPSA) is 115 Å². The van der Waals surface area contributed by atoms with Gasteiger partial charge in [0, 0.05) is 64.4 Å². The van der Waals surface area contributed by atoms with Crippen molar-refractivity contribution in [2.75, 3.05) is 75.2 Å². The van der Waals surface area contributed by atoms with Crippen molar-refractivity contribution in [3.63, 3.8) is 0 Å². The average molecular weight is 993 g/mol. The Balaban J connectivity index is 0.000000160. The zero-order valence-electron chi connectivity index (χ0n) is 42.7. The summed E-state index contributed by atoms with van der Waals surface area (Å²) in [5.74, 6) is 1.44. The third-order valence-electron chi connectivity index (χ3n) is 15.7. The van der Waals surface area contributed by atoms with Crippen molar-refractivity contribution in [2.24, 2.45) is 0 Å². The van der Waals surface area contributed by atoms with Crippen LogP contribution in [0.5, 0.6) is 0 Å². The number of benzene rings is 2. The number of amides is 1. The number of nitrogens with zero attached hydrogens (tertiary/aromatic N) is 11. The number of fused-ring (bicyclic) bond motifs is 2. The Morgan fingerprint density at radius 2 is 1.11 bits per heavy atom. The number of nitrogens with one attached hydrogen (secondary N) is 1. The molecule has 0 aliphatic carbocycles. The maximum atomic E-state index is 14.0. The van der Waals surface area contributed by atoms with Crippen LogP contribution < -0.4 is 15.1 Å². The minimum absolute atomic E-state index is 0.114. The van der Waals surface area contributed by atoms with E-state index < -0.39 is 5.60 Å². The molecule has 14 nitrogen and oxygen atoms in total. The molecule has 6 aromatic rings. The molecule has 6 aliphatic rings. The van der Waals surface area contributed by atoms with E-state index in [1.807, 2.05) is 71.4 Å². The molecule has 10 heterocycles. The zero-order chi connectivity index (χ0) is 50.1. The minimum atomic E-state index is -0.475. The summed E-state index contributed by atoms with van der Waals surface area (Å²) in [6, 6.07) is 23.5. The van der Waals surface area contributed by atoms with Gasteiger partial charge in [-0.3, -0.25) is 9.80 Å². The number of hydrogen-bond donors (Lipinski definition) is 1. The predicted octanol–water partition coefficient (Wildman–Crippen LogP) is 9.75. The summed E-state index contributed by atoms with van der Waals surface area (Å²) in [7, 11) is 0. The number of anilines is 2. The van der Waals surface area contributed by atoms with Crippen molar-refractivity contribution in [1.29, 1.82) is 0 Å². The van der Waals surface area contributed by atoms with Gasteiger partial charge in [0.15, 0.2) is 11.3 Å². The first kappa shape index (κ1) is 49.0. The van der Waals surface area contributed by atoms with Crippen LogP contribution in [0.25, 0.3) is 22.4 Å². The third-order valence-corrected chi connectivity index (χ3v) is 15.7. The van der Waals surface area contributed by atoms with Crippen molar-refractivity contribution >= 4 is 40.2 Å². The van der Waals surface area contributed by atoms with E-state index in [0.717, 1.165) is 162 Å². The number of carbonyl (C=O) groups is 1. The van der Waals surface area contributed by atoms with E-state index >= 15 is 0 Å². The highest BCUT2D eigenvalue weighted by molar-refractivity contribution is 5.70. The Morgan fingerprint density at radius 1 is 0.616 bits per heavy atom. The number of likely N-dealkylation sites (tertiary alicyclic amines) is 1. The molecule has 4 saturated heterocycles. The summed E-state index contributed by atoms with van der Waals surface area (Å²) in [5, 5.41) is 13.6. The number of imidazole rings is 2. The summed E-state index contributed by atoms with van der Waals surface area (Å²) in [5.41, 5.74) is 7.90. The van der Waals surface area contributed by atoms with E-state index in [1.165, 1.54) is 36.1 Å². The zero-order valence-corrected chi connectivity index (χ0v) is 42.7. The van der Waals surface area contributed by atoms with Crippen molar-refractivity contribution in [3.05, 3.63) is 131 Å². The second-order valence-corrected chi connectivity index (χ2v) is 21.7. The molecular weight excluding hydrogens is 923 g/mol. The van der Waals surface area contributed by atoms with Gasteiger partial charge in [0.1, 0.15) is 28.9 Å². The molecular formula is C57H70F2N12O2. The smallest absolute Gasteiger partial charge is 0.410 e. The van der Waals surface area contributed by atoms with Gasteiger partial charge in [-0.05, 0) is 169 Å². The molecule has 4 aromatic heterocycles. The van der Waals surface area contributed by atoms with Gasteiger partial charge in [0.25, 0.3) is 0 Å². The SMILES string of the molecule is CC(C)(C)OC(=O)N1CCC(N2CCC=C(c3cnc4ccc(N5CCC[C@@H]5c5cccc(F)c5)nn34)C2)CC1.Fc1cccc([C@H]2CCCN2c2ccc3ncc(C4=CCCN(C5CCNCC5)C4)n3n2)c1. The molecule has 1 amide bonds. The maximum absolute atomic E-state index is 14.0. The summed E-state index contributed by atoms with van der Waals surface area (Å²) in [4.78, 5) is 33.5. The monoisotopic (exact) mass is 993 g/mol. The number of halogens is 2. The van der Waals surface area contributed by atoms with Gasteiger partial charge in [-0.25, -0.2) is 32.6 Å². The normalized spacial score (nSPS) is 21.9. The Hall–Kier alpha value is -6.23. The maximum Gasteiger partial charge on any atom is 0.410 e. The summed E-state index contributed by atoms with van der Waals surface area (Å²) >= 11 is 0. The lowest BCUT2D eigenvalue weighted by molar-refractivity contribution is 0.0149. The highest BCUT2D eigenvalue weighted by Crippen LogP contribution is 2.38. The molecule has 0 saturated carbocycles. The van der Waals surface area contributed by atoms with Crippen LogP contribution in [0, 0.1) is 11.6 Å². The van der Waals surface area contributed by atoms with Gasteiger partial charge in [-0.2, -0.15) is 0 Å². The summed E-state index contributed by atoms with van der Waals surface area (Å²) in [6.07, 6.45) is 18.9. The fourth-order valence-electron chi connectivity index (χ4n) is 12.1. The summed E-state index contributed by atoms with van der Waals surface area (Å²) < 4.78 is 37.4. The van der Waals surface area contributed by atoms with Crippen LogP contribution in [-0.4, -0.2) is 133 Å². The van der Waals surface area contributed by atoms with Crippen molar-refractivity contribution in [3.8, 4) is 0 Å². The van der Waals surface area contributed by atoms with Gasteiger partial charge in [-0.1, -0.05) is 36.4 Å². The molecule has 16 heteroatoms. The molecule has 12 rings (SSSR count). The van der Waals surface area contributed by atoms with Crippen LogP contribution in [0.3, 0.4) is 0 Å². The molecule has 2 atom stereocenters. The van der Waals surface area contributed by atoms with E-state index in [1.54, 1.807) is 24.3 Å². The average Bonchev–Trinajstić information content (AvgIpc) is 4.26. The molecule has 0 radical (unpaired) electrons. The number of carbonyl (C=O) groups excluding carboxylic acids is 1. The second-order valence-electron chi connectivity index (χ2n) is 21.7. The largest absolute Gasteiger partial charge is 0.444 e. The van der Waals surface area contributed by atoms with Crippen LogP contribution in [0.2, 0.25) is 0 Å². The highest BCUT2D eigenvalue weighted by Gasteiger charge is 2.33. The quantitative estimate of drug-likeness (QED) is 0.157. The first-order valence-electron chi connectivity index (χ1n) is 26.8. The third kappa shape index (κ3) is 10.9. The van der Waals surface area contributed by atoms with E-state index in [-0.39, 0.29) is 29.8 Å². The number of hydrogen-bond acceptors (Lipinski definition) is 11. The number of piperidine rings is 2. The number of ether oxygens (including phenoxy) is 1. The molecule has 0 spiro atoms. The Kier molecular flexibility index (Phi) is 14.3. The summed E-state index contributed by atoms with van der Waals surface area (Å²) in [6.45, 7) is 15.2. The molecule has 0 unspecified atom stereocenters. The fraction of sp³-hybridized carbons (Fsp3) is 0.491. The lowest BCUT2D eigenvalue weighted by Gasteiger charge is -2.40. The second kappa shape index (κ2) is 21.3. The molecule has 4 fully saturated rings. The molecule has 6 aliphatic heterocycles. The molecule has 2 aromatic carbocycles. The lowest BCUT2D eigenvalue weighted by atomic mass is 9.99. The van der Waals surface area contributed by atoms with Gasteiger partial charge < -0.3 is 24.8 Å². The number of aromatic nitrogens is 6. The van der Waals surface area contributed by atoms with Crippen LogP contribution in [0.15, 0.2) is 97.3 Å². The van der Waals surface area contributed by atoms with Crippen LogP contribution in [0.1, 0.15) is 120 Å². The van der Waals surface area contributed by atoms with Crippen LogP contribution in [-0.2, 0) is 4.74 Å². The van der Waals surface area contributed by atoms with Gasteiger partial charge in [0.2, 0.25) is 0 Å². The molecule has 384 valence electrons. The molecule has 0 bridgehead atoms. The molecule has 1 N–H and O–H groups in total. The van der Waals surface area contributed by atoms with Crippen LogP contribution in [0.4, 0.5) is 25.2 Å². The van der Waals surface area contributed by atoms with Crippen molar-refractivity contribution in [1.82, 2.24) is 49.2 Å². The number of rotatable bonds is 8. The molecule has 73 heavy (non-hydrogen) atoms. The predicted molar refractivity (Wildman–Crippen MR) is 282 cm³/mol.